The highest BCUT2D eigenvalue weighted by Gasteiger charge is 2.33. The van der Waals surface area contributed by atoms with Crippen LogP contribution < -0.4 is 29.9 Å². The molecule has 3 N–H and O–H groups in total. The first-order valence-corrected chi connectivity index (χ1v) is 24.4. The summed E-state index contributed by atoms with van der Waals surface area (Å²) in [6.45, 7) is 8.61. The number of rotatable bonds is 14. The van der Waals surface area contributed by atoms with Crippen LogP contribution in [0, 0.1) is 15.5 Å². The van der Waals surface area contributed by atoms with Gasteiger partial charge in [0.05, 0.1) is 53.6 Å². The molecule has 0 bridgehead atoms. The highest BCUT2D eigenvalue weighted by Crippen LogP contribution is 2.44. The summed E-state index contributed by atoms with van der Waals surface area (Å²) in [6.07, 6.45) is -1.39. The Morgan fingerprint density at radius 3 is 2.46 bits per heavy atom. The third kappa shape index (κ3) is 11.9. The van der Waals surface area contributed by atoms with Crippen LogP contribution >= 0.6 is 11.6 Å². The molecular weight excluding hydrogens is 929 g/mol. The Bertz CT molecular complexity index is 2640. The molecule has 1 aliphatic carbocycles. The van der Waals surface area contributed by atoms with Crippen molar-refractivity contribution in [1.82, 2.24) is 14.6 Å². The van der Waals surface area contributed by atoms with E-state index >= 15 is 0 Å². The number of halogens is 4. The number of nitrogens with one attached hydrogen (secondary N) is 3. The van der Waals surface area contributed by atoms with Gasteiger partial charge in [-0.15, -0.1) is 0 Å². The van der Waals surface area contributed by atoms with Gasteiger partial charge in [0.1, 0.15) is 23.7 Å². The SMILES string of the molecule is CC1(C)CCC(CN2CCN(c3ccc(C(=O)NS(=O)(=O)c4ccc(NCC5COCCO5)c([N+](=O)[O-])c4)c(N4CCCOc5nc(NCC(F)(F)F)ccc54)c3)CC2)=C(c2ccc(Cl)cc2)C1. The van der Waals surface area contributed by atoms with E-state index in [1.54, 1.807) is 17.0 Å². The van der Waals surface area contributed by atoms with Crippen LogP contribution in [0.3, 0.4) is 0 Å². The van der Waals surface area contributed by atoms with Gasteiger partial charge in [-0.25, -0.2) is 13.1 Å². The first-order chi connectivity index (χ1) is 32.4. The molecule has 2 saturated heterocycles. The van der Waals surface area contributed by atoms with Crippen molar-refractivity contribution in [2.24, 2.45) is 5.41 Å². The van der Waals surface area contributed by atoms with E-state index in [0.29, 0.717) is 49.1 Å². The van der Waals surface area contributed by atoms with Crippen molar-refractivity contribution in [2.75, 3.05) is 99.2 Å². The van der Waals surface area contributed by atoms with Crippen LogP contribution in [0.2, 0.25) is 5.02 Å². The topological polar surface area (TPSA) is 181 Å². The van der Waals surface area contributed by atoms with E-state index in [1.165, 1.54) is 41.0 Å². The van der Waals surface area contributed by atoms with E-state index in [2.05, 4.69) is 56.1 Å². The van der Waals surface area contributed by atoms with Gasteiger partial charge in [0.15, 0.2) is 0 Å². The van der Waals surface area contributed by atoms with E-state index in [-0.39, 0.29) is 60.8 Å². The molecule has 1 aromatic heterocycles. The monoisotopic (exact) mass is 982 g/mol. The molecule has 4 aliphatic rings. The van der Waals surface area contributed by atoms with Gasteiger partial charge in [0, 0.05) is 62.6 Å². The maximum Gasteiger partial charge on any atom is 0.405 e. The first kappa shape index (κ1) is 48.8. The Balaban J connectivity index is 1.06. The summed E-state index contributed by atoms with van der Waals surface area (Å²) in [5.41, 5.74) is 5.03. The molecule has 4 heterocycles. The molecule has 0 radical (unpaired) electrons. The molecule has 0 saturated carbocycles. The van der Waals surface area contributed by atoms with Gasteiger partial charge in [-0.2, -0.15) is 18.2 Å². The second-order valence-electron chi connectivity index (χ2n) is 18.1. The highest BCUT2D eigenvalue weighted by atomic mass is 35.5. The molecule has 16 nitrogen and oxygen atoms in total. The van der Waals surface area contributed by atoms with Gasteiger partial charge < -0.3 is 34.6 Å². The number of nitro benzene ring substituents is 1. The zero-order valence-corrected chi connectivity index (χ0v) is 39.3. The summed E-state index contributed by atoms with van der Waals surface area (Å²) in [7, 11) is -4.69. The molecule has 21 heteroatoms. The zero-order chi connectivity index (χ0) is 48.2. The lowest BCUT2D eigenvalue weighted by molar-refractivity contribution is -0.384. The van der Waals surface area contributed by atoms with Crippen molar-refractivity contribution in [2.45, 2.75) is 56.7 Å². The summed E-state index contributed by atoms with van der Waals surface area (Å²) in [4.78, 5) is 35.9. The normalized spacial score (nSPS) is 19.1. The van der Waals surface area contributed by atoms with Crippen molar-refractivity contribution in [3.8, 4) is 5.88 Å². The van der Waals surface area contributed by atoms with E-state index < -0.39 is 44.2 Å². The molecule has 2 fully saturated rings. The van der Waals surface area contributed by atoms with Crippen molar-refractivity contribution in [3.63, 3.8) is 0 Å². The number of anilines is 5. The van der Waals surface area contributed by atoms with Crippen molar-refractivity contribution >= 4 is 67.4 Å². The Morgan fingerprint density at radius 2 is 1.74 bits per heavy atom. The van der Waals surface area contributed by atoms with Crippen LogP contribution in [-0.4, -0.2) is 120 Å². The number of fused-ring (bicyclic) bond motifs is 1. The lowest BCUT2D eigenvalue weighted by atomic mass is 9.72. The number of benzene rings is 3. The predicted molar refractivity (Wildman–Crippen MR) is 254 cm³/mol. The van der Waals surface area contributed by atoms with E-state index in [1.807, 2.05) is 12.1 Å². The average molecular weight is 984 g/mol. The number of hydrogen-bond donors (Lipinski definition) is 3. The molecule has 1 amide bonds. The number of carbonyl (C=O) groups excluding carboxylic acids is 1. The zero-order valence-electron chi connectivity index (χ0n) is 37.7. The summed E-state index contributed by atoms with van der Waals surface area (Å²) >= 11 is 6.25. The molecule has 1 unspecified atom stereocenters. The third-order valence-electron chi connectivity index (χ3n) is 12.5. The number of nitro groups is 1. The Morgan fingerprint density at radius 1 is 0.956 bits per heavy atom. The van der Waals surface area contributed by atoms with Crippen LogP contribution in [0.4, 0.5) is 47.4 Å². The van der Waals surface area contributed by atoms with Crippen molar-refractivity contribution in [3.05, 3.63) is 105 Å². The third-order valence-corrected chi connectivity index (χ3v) is 14.1. The Hall–Kier alpha value is -5.67. The number of piperazine rings is 1. The fourth-order valence-corrected chi connectivity index (χ4v) is 10.0. The van der Waals surface area contributed by atoms with E-state index in [4.69, 9.17) is 25.8 Å². The Labute approximate surface area is 398 Å². The second-order valence-corrected chi connectivity index (χ2v) is 20.2. The highest BCUT2D eigenvalue weighted by molar-refractivity contribution is 7.90. The molecular formula is C47H54ClF3N8O8S. The number of sulfonamides is 1. The van der Waals surface area contributed by atoms with Crippen molar-refractivity contribution in [1.29, 1.82) is 0 Å². The maximum atomic E-state index is 14.3. The van der Waals surface area contributed by atoms with Crippen LogP contribution in [0.5, 0.6) is 5.88 Å². The minimum atomic E-state index is -4.69. The number of hydrogen-bond acceptors (Lipinski definition) is 14. The van der Waals surface area contributed by atoms with Crippen LogP contribution in [0.15, 0.2) is 83.3 Å². The molecule has 4 aromatic rings. The molecule has 68 heavy (non-hydrogen) atoms. The summed E-state index contributed by atoms with van der Waals surface area (Å²) in [5.74, 6) is -1.06. The molecule has 0 spiro atoms. The number of carbonyl (C=O) groups is 1. The molecule has 1 atom stereocenters. The van der Waals surface area contributed by atoms with Gasteiger partial charge >= 0.3 is 6.18 Å². The fourth-order valence-electron chi connectivity index (χ4n) is 8.92. The number of allylic oxidation sites excluding steroid dienone is 1. The van der Waals surface area contributed by atoms with Gasteiger partial charge in [0.25, 0.3) is 21.6 Å². The molecule has 8 rings (SSSR count). The molecule has 3 aromatic carbocycles. The van der Waals surface area contributed by atoms with E-state index in [9.17, 15) is 36.5 Å². The van der Waals surface area contributed by atoms with Gasteiger partial charge in [-0.3, -0.25) is 19.8 Å². The predicted octanol–water partition coefficient (Wildman–Crippen LogP) is 8.27. The summed E-state index contributed by atoms with van der Waals surface area (Å²) < 4.78 is 86.1. The summed E-state index contributed by atoms with van der Waals surface area (Å²) in [6, 6.07) is 19.3. The van der Waals surface area contributed by atoms with Gasteiger partial charge in [-0.05, 0) is 96.8 Å². The first-order valence-electron chi connectivity index (χ1n) is 22.5. The standard InChI is InChI=1S/C47H54ClF3N8O8S/c1-46(2)15-14-32(38(26-46)31-4-6-33(48)7-5-31)28-56-17-19-57(20-18-56)34-8-10-37(41(24-34)58-16-3-21-67-45-40(58)12-13-43(54-45)53-30-47(49,50)51)44(60)55-68(63,64)36-9-11-39(42(25-36)59(61)62)52-27-35-29-65-22-23-66-35/h4-13,24-25,35,52H,3,14-23,26-30H2,1-2H3,(H,53,54)(H,55,60). The largest absolute Gasteiger partial charge is 0.476 e. The Kier molecular flexibility index (Phi) is 14.7. The van der Waals surface area contributed by atoms with E-state index in [0.717, 1.165) is 56.7 Å². The van der Waals surface area contributed by atoms with Crippen LogP contribution in [0.25, 0.3) is 5.57 Å². The van der Waals surface area contributed by atoms with Gasteiger partial charge in [0.2, 0.25) is 5.88 Å². The second kappa shape index (κ2) is 20.5. The molecule has 364 valence electrons. The maximum absolute atomic E-state index is 14.3. The van der Waals surface area contributed by atoms with Crippen LogP contribution in [-0.2, 0) is 19.5 Å². The summed E-state index contributed by atoms with van der Waals surface area (Å²) in [5, 5.41) is 18.1. The van der Waals surface area contributed by atoms with Gasteiger partial charge in [-0.1, -0.05) is 43.2 Å². The number of nitrogens with zero attached hydrogens (tertiary/aromatic N) is 5. The molecule has 3 aliphatic heterocycles. The number of aromatic nitrogens is 1. The number of pyridine rings is 1. The number of ether oxygens (including phenoxy) is 3. The fraction of sp³-hybridized carbons (Fsp3) is 0.447. The lowest BCUT2D eigenvalue weighted by Crippen LogP contribution is -2.47. The lowest BCUT2D eigenvalue weighted by Gasteiger charge is -2.39. The minimum absolute atomic E-state index is 0.0228. The van der Waals surface area contributed by atoms with Crippen LogP contribution in [0.1, 0.15) is 55.5 Å². The van der Waals surface area contributed by atoms with Crippen molar-refractivity contribution < 1.29 is 45.5 Å². The number of alkyl halides is 3. The quantitative estimate of drug-likeness (QED) is 0.0812. The average Bonchev–Trinajstić information content (AvgIpc) is 3.53. The number of amides is 1. The minimum Gasteiger partial charge on any atom is -0.476 e. The smallest absolute Gasteiger partial charge is 0.405 e.